The molecule has 1 saturated heterocycles. The van der Waals surface area contributed by atoms with E-state index in [1.807, 2.05) is 73.7 Å². The Balaban J connectivity index is 1.75. The van der Waals surface area contributed by atoms with Gasteiger partial charge >= 0.3 is 0 Å². The molecule has 3 aromatic rings. The molecule has 0 bridgehead atoms. The minimum atomic E-state index is -0.0891. The fourth-order valence-corrected chi connectivity index (χ4v) is 4.41. The van der Waals surface area contributed by atoms with Crippen molar-refractivity contribution in [3.8, 4) is 5.75 Å². The van der Waals surface area contributed by atoms with Crippen LogP contribution in [0.15, 0.2) is 65.6 Å². The maximum Gasteiger partial charge on any atom is 0.270 e. The van der Waals surface area contributed by atoms with Crippen molar-refractivity contribution >= 4 is 56.7 Å². The average molecular weight is 392 g/mol. The van der Waals surface area contributed by atoms with Crippen molar-refractivity contribution in [3.63, 3.8) is 0 Å². The number of anilines is 1. The van der Waals surface area contributed by atoms with E-state index in [-0.39, 0.29) is 5.91 Å². The first-order chi connectivity index (χ1) is 13.1. The third-order valence-corrected chi connectivity index (χ3v) is 5.81. The third kappa shape index (κ3) is 3.24. The number of hydrogen-bond donors (Lipinski definition) is 0. The van der Waals surface area contributed by atoms with Crippen molar-refractivity contribution in [1.82, 2.24) is 0 Å². The van der Waals surface area contributed by atoms with Gasteiger partial charge in [0.2, 0.25) is 0 Å². The van der Waals surface area contributed by atoms with Gasteiger partial charge in [-0.15, -0.1) is 0 Å². The highest BCUT2D eigenvalue weighted by Crippen LogP contribution is 2.37. The second-order valence-electron chi connectivity index (χ2n) is 6.26. The number of methoxy groups -OCH3 is 1. The third-order valence-electron chi connectivity index (χ3n) is 4.51. The van der Waals surface area contributed by atoms with Crippen molar-refractivity contribution < 1.29 is 9.53 Å². The van der Waals surface area contributed by atoms with Crippen molar-refractivity contribution in [2.24, 2.45) is 0 Å². The largest absolute Gasteiger partial charge is 0.496 e. The van der Waals surface area contributed by atoms with Gasteiger partial charge in [-0.1, -0.05) is 72.0 Å². The quantitative estimate of drug-likeness (QED) is 0.432. The lowest BCUT2D eigenvalue weighted by Crippen LogP contribution is -2.27. The minimum absolute atomic E-state index is 0.0891. The molecule has 1 heterocycles. The second-order valence-corrected chi connectivity index (χ2v) is 7.93. The molecule has 0 spiro atoms. The number of fused-ring (bicyclic) bond motifs is 1. The van der Waals surface area contributed by atoms with E-state index in [1.54, 1.807) is 12.0 Å². The van der Waals surface area contributed by atoms with Gasteiger partial charge < -0.3 is 4.74 Å². The standard InChI is InChI=1S/C22H17NO2S2/c1-14-7-10-16(11-8-14)23-21(24)20(27-22(23)26)13-15-9-12-19(25-2)18-6-4-3-5-17(15)18/h3-13H,1-2H3/b20-13-. The van der Waals surface area contributed by atoms with Crippen LogP contribution >= 0.6 is 24.0 Å². The minimum Gasteiger partial charge on any atom is -0.496 e. The van der Waals surface area contributed by atoms with Gasteiger partial charge in [-0.2, -0.15) is 0 Å². The Hall–Kier alpha value is -2.63. The van der Waals surface area contributed by atoms with E-state index < -0.39 is 0 Å². The molecule has 3 nitrogen and oxygen atoms in total. The summed E-state index contributed by atoms with van der Waals surface area (Å²) in [6.45, 7) is 2.02. The van der Waals surface area contributed by atoms with Crippen LogP contribution < -0.4 is 9.64 Å². The maximum atomic E-state index is 13.0. The van der Waals surface area contributed by atoms with Gasteiger partial charge in [-0.3, -0.25) is 9.69 Å². The maximum absolute atomic E-state index is 13.0. The lowest BCUT2D eigenvalue weighted by atomic mass is 10.0. The molecule has 3 aromatic carbocycles. The Kier molecular flexibility index (Phi) is 4.72. The molecule has 27 heavy (non-hydrogen) atoms. The number of ether oxygens (including phenoxy) is 1. The van der Waals surface area contributed by atoms with Crippen LogP contribution in [0.3, 0.4) is 0 Å². The smallest absolute Gasteiger partial charge is 0.270 e. The predicted octanol–water partition coefficient (Wildman–Crippen LogP) is 5.56. The Bertz CT molecular complexity index is 1090. The number of amides is 1. The fourth-order valence-electron chi connectivity index (χ4n) is 3.12. The SMILES string of the molecule is COc1ccc(/C=C2\SC(=S)N(c3ccc(C)cc3)C2=O)c2ccccc12. The number of carbonyl (C=O) groups excluding carboxylic acids is 1. The van der Waals surface area contributed by atoms with E-state index in [0.717, 1.165) is 33.3 Å². The van der Waals surface area contributed by atoms with Gasteiger partial charge in [0.25, 0.3) is 5.91 Å². The summed E-state index contributed by atoms with van der Waals surface area (Å²) in [5, 5.41) is 2.06. The first kappa shape index (κ1) is 17.8. The number of hydrogen-bond acceptors (Lipinski definition) is 4. The normalized spacial score (nSPS) is 15.8. The summed E-state index contributed by atoms with van der Waals surface area (Å²) in [7, 11) is 1.66. The number of nitrogens with zero attached hydrogens (tertiary/aromatic N) is 1. The summed E-state index contributed by atoms with van der Waals surface area (Å²) < 4.78 is 6.00. The zero-order chi connectivity index (χ0) is 19.0. The summed E-state index contributed by atoms with van der Waals surface area (Å²) in [5.74, 6) is 0.726. The van der Waals surface area contributed by atoms with Crippen molar-refractivity contribution in [1.29, 1.82) is 0 Å². The van der Waals surface area contributed by atoms with Crippen LogP contribution in [0.5, 0.6) is 5.75 Å². The Labute approximate surface area is 167 Å². The zero-order valence-corrected chi connectivity index (χ0v) is 16.6. The van der Waals surface area contributed by atoms with E-state index in [0.29, 0.717) is 9.23 Å². The summed E-state index contributed by atoms with van der Waals surface area (Å²) in [4.78, 5) is 15.2. The number of aryl methyl sites for hydroxylation is 1. The van der Waals surface area contributed by atoms with Crippen LogP contribution in [0.1, 0.15) is 11.1 Å². The molecule has 1 fully saturated rings. The molecule has 1 aliphatic heterocycles. The summed E-state index contributed by atoms with van der Waals surface area (Å²) in [6.07, 6.45) is 1.91. The molecule has 0 N–H and O–H groups in total. The monoisotopic (exact) mass is 391 g/mol. The molecule has 5 heteroatoms. The van der Waals surface area contributed by atoms with Crippen LogP contribution in [-0.4, -0.2) is 17.3 Å². The van der Waals surface area contributed by atoms with Gasteiger partial charge in [-0.05, 0) is 42.1 Å². The van der Waals surface area contributed by atoms with E-state index in [9.17, 15) is 4.79 Å². The molecule has 1 amide bonds. The Morgan fingerprint density at radius 3 is 2.41 bits per heavy atom. The van der Waals surface area contributed by atoms with Crippen LogP contribution in [0, 0.1) is 6.92 Å². The molecule has 1 aliphatic rings. The molecular weight excluding hydrogens is 374 g/mol. The number of thioether (sulfide) groups is 1. The predicted molar refractivity (Wildman–Crippen MR) is 117 cm³/mol. The highest BCUT2D eigenvalue weighted by Gasteiger charge is 2.33. The van der Waals surface area contributed by atoms with Gasteiger partial charge in [-0.25, -0.2) is 0 Å². The molecule has 0 saturated carbocycles. The van der Waals surface area contributed by atoms with Gasteiger partial charge in [0.05, 0.1) is 17.7 Å². The number of rotatable bonds is 3. The lowest BCUT2D eigenvalue weighted by molar-refractivity contribution is -0.113. The molecule has 134 valence electrons. The van der Waals surface area contributed by atoms with E-state index in [4.69, 9.17) is 17.0 Å². The fraction of sp³-hybridized carbons (Fsp3) is 0.0909. The van der Waals surface area contributed by atoms with E-state index in [2.05, 4.69) is 0 Å². The summed E-state index contributed by atoms with van der Waals surface area (Å²) in [5.41, 5.74) is 2.91. The highest BCUT2D eigenvalue weighted by atomic mass is 32.2. The van der Waals surface area contributed by atoms with E-state index in [1.165, 1.54) is 11.8 Å². The number of benzene rings is 3. The molecular formula is C22H17NO2S2. The van der Waals surface area contributed by atoms with E-state index >= 15 is 0 Å². The number of carbonyl (C=O) groups is 1. The van der Waals surface area contributed by atoms with Gasteiger partial charge in [0.15, 0.2) is 4.32 Å². The first-order valence-electron chi connectivity index (χ1n) is 8.49. The van der Waals surface area contributed by atoms with Gasteiger partial charge in [0.1, 0.15) is 5.75 Å². The zero-order valence-electron chi connectivity index (χ0n) is 14.9. The average Bonchev–Trinajstić information content (AvgIpc) is 2.96. The summed E-state index contributed by atoms with van der Waals surface area (Å²) >= 11 is 6.80. The Morgan fingerprint density at radius 2 is 1.70 bits per heavy atom. The van der Waals surface area contributed by atoms with Crippen molar-refractivity contribution in [3.05, 3.63) is 76.7 Å². The molecule has 0 radical (unpaired) electrons. The van der Waals surface area contributed by atoms with Crippen LogP contribution in [0.2, 0.25) is 0 Å². The Morgan fingerprint density at radius 1 is 1.00 bits per heavy atom. The summed E-state index contributed by atoms with van der Waals surface area (Å²) in [6, 6.07) is 19.7. The van der Waals surface area contributed by atoms with Crippen molar-refractivity contribution in [2.45, 2.75) is 6.92 Å². The molecule has 0 aliphatic carbocycles. The van der Waals surface area contributed by atoms with Crippen molar-refractivity contribution in [2.75, 3.05) is 12.0 Å². The molecule has 0 unspecified atom stereocenters. The first-order valence-corrected chi connectivity index (χ1v) is 9.71. The highest BCUT2D eigenvalue weighted by molar-refractivity contribution is 8.27. The number of thiocarbonyl (C=S) groups is 1. The molecule has 4 rings (SSSR count). The van der Waals surface area contributed by atoms with Crippen LogP contribution in [0.4, 0.5) is 5.69 Å². The topological polar surface area (TPSA) is 29.5 Å². The van der Waals surface area contributed by atoms with Crippen LogP contribution in [0.25, 0.3) is 16.8 Å². The van der Waals surface area contributed by atoms with Gasteiger partial charge in [0, 0.05) is 5.39 Å². The molecule has 0 atom stereocenters. The lowest BCUT2D eigenvalue weighted by Gasteiger charge is -2.14. The van der Waals surface area contributed by atoms with Crippen LogP contribution in [-0.2, 0) is 4.79 Å². The molecule has 0 aromatic heterocycles. The second kappa shape index (κ2) is 7.18.